The summed E-state index contributed by atoms with van der Waals surface area (Å²) in [5.74, 6) is -0.313. The Labute approximate surface area is 169 Å². The highest BCUT2D eigenvalue weighted by molar-refractivity contribution is 5.97. The Morgan fingerprint density at radius 1 is 1.13 bits per heavy atom. The van der Waals surface area contributed by atoms with Crippen molar-refractivity contribution >= 4 is 28.5 Å². The SMILES string of the molecule is C[C@H](NC(=O)[C@H]1C[C@@H]1c1nc2ccccc2[nH]1)C(=O)Nc1ccc(C(F)(F)F)cc1. The third-order valence-electron chi connectivity index (χ3n) is 5.12. The zero-order valence-electron chi connectivity index (χ0n) is 16.0. The highest BCUT2D eigenvalue weighted by Crippen LogP contribution is 2.46. The van der Waals surface area contributed by atoms with Gasteiger partial charge < -0.3 is 15.6 Å². The molecule has 1 aliphatic carbocycles. The van der Waals surface area contributed by atoms with Crippen LogP contribution >= 0.6 is 0 Å². The van der Waals surface area contributed by atoms with E-state index >= 15 is 0 Å². The van der Waals surface area contributed by atoms with Crippen LogP contribution in [-0.4, -0.2) is 27.8 Å². The predicted octanol–water partition coefficient (Wildman–Crippen LogP) is 3.83. The molecule has 0 unspecified atom stereocenters. The second-order valence-electron chi connectivity index (χ2n) is 7.38. The van der Waals surface area contributed by atoms with Crippen LogP contribution in [-0.2, 0) is 15.8 Å². The van der Waals surface area contributed by atoms with Gasteiger partial charge in [-0.2, -0.15) is 13.2 Å². The summed E-state index contributed by atoms with van der Waals surface area (Å²) in [4.78, 5) is 32.5. The maximum atomic E-state index is 12.6. The van der Waals surface area contributed by atoms with E-state index in [2.05, 4.69) is 20.6 Å². The number of para-hydroxylation sites is 2. The fraction of sp³-hybridized carbons (Fsp3) is 0.286. The zero-order chi connectivity index (χ0) is 21.5. The molecular formula is C21H19F3N4O2. The van der Waals surface area contributed by atoms with E-state index in [1.54, 1.807) is 0 Å². The number of aromatic amines is 1. The summed E-state index contributed by atoms with van der Waals surface area (Å²) in [5, 5.41) is 5.16. The number of carbonyl (C=O) groups is 2. The van der Waals surface area contributed by atoms with Gasteiger partial charge in [-0.15, -0.1) is 0 Å². The second kappa shape index (κ2) is 7.47. The van der Waals surface area contributed by atoms with Gasteiger partial charge in [0, 0.05) is 17.5 Å². The van der Waals surface area contributed by atoms with Gasteiger partial charge in [0.2, 0.25) is 11.8 Å². The first-order valence-electron chi connectivity index (χ1n) is 9.45. The van der Waals surface area contributed by atoms with Crippen molar-refractivity contribution in [3.8, 4) is 0 Å². The van der Waals surface area contributed by atoms with Crippen LogP contribution in [0.4, 0.5) is 18.9 Å². The van der Waals surface area contributed by atoms with Crippen molar-refractivity contribution in [3.05, 3.63) is 59.9 Å². The number of nitrogens with zero attached hydrogens (tertiary/aromatic N) is 1. The molecule has 1 saturated carbocycles. The molecule has 1 aromatic heterocycles. The average Bonchev–Trinajstić information content (AvgIpc) is 3.39. The van der Waals surface area contributed by atoms with Gasteiger partial charge in [-0.25, -0.2) is 4.98 Å². The van der Waals surface area contributed by atoms with E-state index in [9.17, 15) is 22.8 Å². The number of carbonyl (C=O) groups excluding carboxylic acids is 2. The molecular weight excluding hydrogens is 397 g/mol. The zero-order valence-corrected chi connectivity index (χ0v) is 16.0. The largest absolute Gasteiger partial charge is 0.416 e. The highest BCUT2D eigenvalue weighted by Gasteiger charge is 2.46. The number of nitrogens with one attached hydrogen (secondary N) is 3. The average molecular weight is 416 g/mol. The van der Waals surface area contributed by atoms with Crippen LogP contribution < -0.4 is 10.6 Å². The van der Waals surface area contributed by atoms with E-state index in [4.69, 9.17) is 0 Å². The number of benzene rings is 2. The van der Waals surface area contributed by atoms with Crippen LogP contribution in [0.2, 0.25) is 0 Å². The van der Waals surface area contributed by atoms with Crippen molar-refractivity contribution in [2.75, 3.05) is 5.32 Å². The van der Waals surface area contributed by atoms with E-state index in [1.165, 1.54) is 19.1 Å². The number of aromatic nitrogens is 2. The number of alkyl halides is 3. The first-order chi connectivity index (χ1) is 14.2. The van der Waals surface area contributed by atoms with E-state index in [0.29, 0.717) is 6.42 Å². The summed E-state index contributed by atoms with van der Waals surface area (Å²) in [6, 6.07) is 10.9. The van der Waals surface area contributed by atoms with Crippen molar-refractivity contribution in [2.45, 2.75) is 31.5 Å². The molecule has 3 N–H and O–H groups in total. The van der Waals surface area contributed by atoms with Gasteiger partial charge >= 0.3 is 6.18 Å². The molecule has 4 rings (SSSR count). The van der Waals surface area contributed by atoms with Gasteiger partial charge in [0.15, 0.2) is 0 Å². The Morgan fingerprint density at radius 3 is 2.50 bits per heavy atom. The minimum atomic E-state index is -4.44. The van der Waals surface area contributed by atoms with Gasteiger partial charge in [-0.1, -0.05) is 12.1 Å². The Hall–Kier alpha value is -3.36. The van der Waals surface area contributed by atoms with Crippen LogP contribution in [0, 0.1) is 5.92 Å². The van der Waals surface area contributed by atoms with E-state index in [0.717, 1.165) is 29.0 Å². The van der Waals surface area contributed by atoms with E-state index in [-0.39, 0.29) is 23.4 Å². The monoisotopic (exact) mass is 416 g/mol. The van der Waals surface area contributed by atoms with Crippen molar-refractivity contribution in [2.24, 2.45) is 5.92 Å². The standard InChI is InChI=1S/C21H19F3N4O2/c1-11(19(29)26-13-8-6-12(7-9-13)21(22,23)24)25-20(30)15-10-14(15)18-27-16-4-2-3-5-17(16)28-18/h2-9,11,14-15H,10H2,1H3,(H,25,30)(H,26,29)(H,27,28)/t11-,14-,15-/m0/s1. The lowest BCUT2D eigenvalue weighted by Crippen LogP contribution is -2.42. The Bertz CT molecular complexity index is 1060. The van der Waals surface area contributed by atoms with Crippen molar-refractivity contribution in [1.82, 2.24) is 15.3 Å². The third-order valence-corrected chi connectivity index (χ3v) is 5.12. The number of imidazole rings is 1. The minimum Gasteiger partial charge on any atom is -0.344 e. The lowest BCUT2D eigenvalue weighted by Gasteiger charge is -2.14. The molecule has 156 valence electrons. The number of hydrogen-bond donors (Lipinski definition) is 3. The molecule has 0 aliphatic heterocycles. The summed E-state index contributed by atoms with van der Waals surface area (Å²) < 4.78 is 37.8. The van der Waals surface area contributed by atoms with Gasteiger partial charge in [-0.05, 0) is 49.7 Å². The third kappa shape index (κ3) is 4.14. The number of H-pyrrole nitrogens is 1. The van der Waals surface area contributed by atoms with Crippen LogP contribution in [0.5, 0.6) is 0 Å². The molecule has 3 aromatic rings. The van der Waals surface area contributed by atoms with E-state index in [1.807, 2.05) is 24.3 Å². The smallest absolute Gasteiger partial charge is 0.344 e. The Kier molecular flexibility index (Phi) is 4.97. The first-order valence-corrected chi connectivity index (χ1v) is 9.45. The lowest BCUT2D eigenvalue weighted by atomic mass is 10.2. The molecule has 0 bridgehead atoms. The molecule has 9 heteroatoms. The summed E-state index contributed by atoms with van der Waals surface area (Å²) >= 11 is 0. The number of rotatable bonds is 5. The second-order valence-corrected chi connectivity index (χ2v) is 7.38. The Balaban J connectivity index is 1.32. The van der Waals surface area contributed by atoms with E-state index < -0.39 is 23.7 Å². The number of halogens is 3. The number of amides is 2. The molecule has 2 aromatic carbocycles. The van der Waals surface area contributed by atoms with Crippen LogP contribution in [0.15, 0.2) is 48.5 Å². The Morgan fingerprint density at radius 2 is 1.83 bits per heavy atom. The number of fused-ring (bicyclic) bond motifs is 1. The van der Waals surface area contributed by atoms with Gasteiger partial charge in [-0.3, -0.25) is 9.59 Å². The normalized spacial score (nSPS) is 19.3. The summed E-state index contributed by atoms with van der Waals surface area (Å²) in [7, 11) is 0. The molecule has 2 amide bonds. The summed E-state index contributed by atoms with van der Waals surface area (Å²) in [5.41, 5.74) is 1.17. The quantitative estimate of drug-likeness (QED) is 0.591. The molecule has 6 nitrogen and oxygen atoms in total. The number of hydrogen-bond acceptors (Lipinski definition) is 3. The first kappa shape index (κ1) is 19.9. The summed E-state index contributed by atoms with van der Waals surface area (Å²) in [6.45, 7) is 1.52. The topological polar surface area (TPSA) is 86.9 Å². The molecule has 3 atom stereocenters. The fourth-order valence-corrected chi connectivity index (χ4v) is 3.31. The molecule has 30 heavy (non-hydrogen) atoms. The van der Waals surface area contributed by atoms with Crippen molar-refractivity contribution in [1.29, 1.82) is 0 Å². The number of anilines is 1. The summed E-state index contributed by atoms with van der Waals surface area (Å²) in [6.07, 6.45) is -3.80. The van der Waals surface area contributed by atoms with Gasteiger partial charge in [0.25, 0.3) is 0 Å². The van der Waals surface area contributed by atoms with Crippen LogP contribution in [0.1, 0.15) is 30.7 Å². The lowest BCUT2D eigenvalue weighted by molar-refractivity contribution is -0.137. The van der Waals surface area contributed by atoms with Crippen LogP contribution in [0.25, 0.3) is 11.0 Å². The fourth-order valence-electron chi connectivity index (χ4n) is 3.31. The molecule has 0 radical (unpaired) electrons. The maximum absolute atomic E-state index is 12.6. The molecule has 1 aliphatic rings. The van der Waals surface area contributed by atoms with Gasteiger partial charge in [0.1, 0.15) is 11.9 Å². The van der Waals surface area contributed by atoms with Crippen LogP contribution in [0.3, 0.4) is 0 Å². The highest BCUT2D eigenvalue weighted by atomic mass is 19.4. The molecule has 0 spiro atoms. The maximum Gasteiger partial charge on any atom is 0.416 e. The molecule has 1 fully saturated rings. The predicted molar refractivity (Wildman–Crippen MR) is 105 cm³/mol. The van der Waals surface area contributed by atoms with Gasteiger partial charge in [0.05, 0.1) is 16.6 Å². The van der Waals surface area contributed by atoms with Crippen molar-refractivity contribution < 1.29 is 22.8 Å². The molecule has 1 heterocycles. The minimum absolute atomic E-state index is 0.0254. The van der Waals surface area contributed by atoms with Crippen molar-refractivity contribution in [3.63, 3.8) is 0 Å². The molecule has 0 saturated heterocycles.